The Morgan fingerprint density at radius 1 is 1.37 bits per heavy atom. The predicted octanol–water partition coefficient (Wildman–Crippen LogP) is 1.59. The van der Waals surface area contributed by atoms with E-state index in [4.69, 9.17) is 5.11 Å². The summed E-state index contributed by atoms with van der Waals surface area (Å²) in [4.78, 5) is 24.0. The second kappa shape index (κ2) is 6.41. The molecule has 0 bridgehead atoms. The van der Waals surface area contributed by atoms with Gasteiger partial charge in [0.2, 0.25) is 6.33 Å². The molecule has 2 rings (SSSR count). The number of H-pyrrole nitrogens is 1. The Labute approximate surface area is 108 Å². The van der Waals surface area contributed by atoms with Gasteiger partial charge in [-0.05, 0) is 5.56 Å². The highest BCUT2D eigenvalue weighted by Gasteiger charge is 2.22. The number of nitrogens with one attached hydrogen (secondary N) is 1. The number of aliphatic carboxylic acids is 1. The summed E-state index contributed by atoms with van der Waals surface area (Å²) in [6.45, 7) is 0. The lowest BCUT2D eigenvalue weighted by atomic mass is 10.0. The van der Waals surface area contributed by atoms with Gasteiger partial charge in [-0.2, -0.15) is 0 Å². The lowest BCUT2D eigenvalue weighted by molar-refractivity contribution is -0.711. The van der Waals surface area contributed by atoms with Gasteiger partial charge in [-0.25, -0.2) is 9.55 Å². The number of rotatable bonds is 5. The molecule has 0 saturated carbocycles. The Bertz CT molecular complexity index is 553. The highest BCUT2D eigenvalue weighted by Crippen LogP contribution is 2.17. The lowest BCUT2D eigenvalue weighted by Gasteiger charge is -2.11. The quantitative estimate of drug-likeness (QED) is 0.629. The van der Waals surface area contributed by atoms with Gasteiger partial charge >= 0.3 is 5.97 Å². The van der Waals surface area contributed by atoms with E-state index in [1.54, 1.807) is 4.57 Å². The number of carboxylic acids is 1. The Hall–Kier alpha value is -2.54. The second-order valence-corrected chi connectivity index (χ2v) is 3.85. The number of hydrogen-bond donors (Lipinski definition) is 2. The normalized spacial score (nSPS) is 11.4. The molecule has 0 saturated heterocycles. The molecule has 0 aliphatic carbocycles. The van der Waals surface area contributed by atoms with Crippen LogP contribution in [0, 0.1) is 4.91 Å². The SMILES string of the molecule is O=Nc1c[n+](C(CC(=O)O)c2ccccc2)c[nH]1.[OH-]. The van der Waals surface area contributed by atoms with Gasteiger partial charge in [-0.15, -0.1) is 4.91 Å². The highest BCUT2D eigenvalue weighted by molar-refractivity contribution is 5.67. The summed E-state index contributed by atoms with van der Waals surface area (Å²) in [6.07, 6.45) is 2.97. The van der Waals surface area contributed by atoms with Crippen molar-refractivity contribution in [3.63, 3.8) is 0 Å². The van der Waals surface area contributed by atoms with Crippen LogP contribution < -0.4 is 4.57 Å². The van der Waals surface area contributed by atoms with Gasteiger partial charge in [0.1, 0.15) is 6.04 Å². The van der Waals surface area contributed by atoms with E-state index in [1.807, 2.05) is 30.3 Å². The minimum absolute atomic E-state index is 0. The molecular weight excluding hydrogens is 250 g/mol. The van der Waals surface area contributed by atoms with Crippen LogP contribution in [0.15, 0.2) is 48.0 Å². The van der Waals surface area contributed by atoms with Crippen LogP contribution in [0.4, 0.5) is 5.82 Å². The zero-order valence-electron chi connectivity index (χ0n) is 9.93. The van der Waals surface area contributed by atoms with Crippen molar-refractivity contribution in [2.24, 2.45) is 5.18 Å². The number of hydrogen-bond acceptors (Lipinski definition) is 4. The monoisotopic (exact) mass is 263 g/mol. The maximum atomic E-state index is 10.9. The van der Waals surface area contributed by atoms with Crippen LogP contribution in [0.1, 0.15) is 18.0 Å². The molecule has 0 fully saturated rings. The summed E-state index contributed by atoms with van der Waals surface area (Å²) >= 11 is 0. The third kappa shape index (κ3) is 3.46. The summed E-state index contributed by atoms with van der Waals surface area (Å²) < 4.78 is 1.64. The predicted molar refractivity (Wildman–Crippen MR) is 65.2 cm³/mol. The second-order valence-electron chi connectivity index (χ2n) is 3.85. The molecule has 7 nitrogen and oxygen atoms in total. The molecule has 19 heavy (non-hydrogen) atoms. The van der Waals surface area contributed by atoms with Crippen molar-refractivity contribution in [2.45, 2.75) is 12.5 Å². The van der Waals surface area contributed by atoms with Crippen LogP contribution in [-0.4, -0.2) is 21.5 Å². The lowest BCUT2D eigenvalue weighted by Crippen LogP contribution is -2.39. The molecule has 0 radical (unpaired) electrons. The number of carbonyl (C=O) groups is 1. The van der Waals surface area contributed by atoms with Crippen molar-refractivity contribution in [1.82, 2.24) is 4.98 Å². The molecule has 1 aromatic carbocycles. The van der Waals surface area contributed by atoms with Crippen LogP contribution in [0.2, 0.25) is 0 Å². The van der Waals surface area contributed by atoms with Crippen LogP contribution >= 0.6 is 0 Å². The number of nitrogens with zero attached hydrogens (tertiary/aromatic N) is 2. The first kappa shape index (κ1) is 14.5. The van der Waals surface area contributed by atoms with Crippen LogP contribution in [-0.2, 0) is 4.79 Å². The van der Waals surface area contributed by atoms with Crippen LogP contribution in [0.3, 0.4) is 0 Å². The number of imidazole rings is 1. The molecular formula is C12H13N3O4. The fraction of sp³-hybridized carbons (Fsp3) is 0.167. The van der Waals surface area contributed by atoms with Crippen molar-refractivity contribution < 1.29 is 19.9 Å². The molecule has 1 aromatic heterocycles. The van der Waals surface area contributed by atoms with Gasteiger partial charge in [-0.3, -0.25) is 4.79 Å². The summed E-state index contributed by atoms with van der Waals surface area (Å²) in [6, 6.07) is 8.88. The molecule has 100 valence electrons. The van der Waals surface area contributed by atoms with Gasteiger partial charge in [0, 0.05) is 5.18 Å². The van der Waals surface area contributed by atoms with Crippen molar-refractivity contribution in [2.75, 3.05) is 0 Å². The van der Waals surface area contributed by atoms with Crippen LogP contribution in [0.25, 0.3) is 0 Å². The third-order valence-corrected chi connectivity index (χ3v) is 2.64. The van der Waals surface area contributed by atoms with E-state index in [1.165, 1.54) is 12.5 Å². The molecule has 1 atom stereocenters. The zero-order chi connectivity index (χ0) is 13.0. The Morgan fingerprint density at radius 3 is 2.58 bits per heavy atom. The maximum absolute atomic E-state index is 10.9. The van der Waals surface area contributed by atoms with Gasteiger partial charge < -0.3 is 10.6 Å². The highest BCUT2D eigenvalue weighted by atomic mass is 16.4. The Balaban J connectivity index is 0.00000180. The fourth-order valence-corrected chi connectivity index (χ4v) is 1.82. The first-order chi connectivity index (χ1) is 8.70. The molecule has 0 aliphatic rings. The number of aromatic amines is 1. The standard InChI is InChI=1S/C12H11N3O3.H2O/c16-12(17)6-10(9-4-2-1-3-5-9)15-7-11(14-18)13-8-15;/h1-5,7-8,10H,6H2,(H,16,17);1H2. The first-order valence-electron chi connectivity index (χ1n) is 5.40. The van der Waals surface area contributed by atoms with Gasteiger partial charge in [-0.1, -0.05) is 30.3 Å². The third-order valence-electron chi connectivity index (χ3n) is 2.64. The van der Waals surface area contributed by atoms with Crippen molar-refractivity contribution in [1.29, 1.82) is 0 Å². The zero-order valence-corrected chi connectivity index (χ0v) is 9.93. The Kier molecular flexibility index (Phi) is 4.90. The molecule has 7 heteroatoms. The van der Waals surface area contributed by atoms with E-state index in [9.17, 15) is 9.70 Å². The Morgan fingerprint density at radius 2 is 2.05 bits per heavy atom. The summed E-state index contributed by atoms with van der Waals surface area (Å²) in [5.74, 6) is -0.737. The van der Waals surface area contributed by atoms with E-state index in [0.717, 1.165) is 5.56 Å². The number of aromatic nitrogens is 2. The molecule has 1 unspecified atom stereocenters. The van der Waals surface area contributed by atoms with Gasteiger partial charge in [0.05, 0.1) is 6.42 Å². The summed E-state index contributed by atoms with van der Waals surface area (Å²) in [7, 11) is 0. The average Bonchev–Trinajstić information content (AvgIpc) is 2.85. The number of nitroso groups, excluding NO2 is 1. The maximum Gasteiger partial charge on any atom is 0.308 e. The minimum atomic E-state index is -0.904. The molecule has 0 amide bonds. The van der Waals surface area contributed by atoms with E-state index < -0.39 is 5.97 Å². The van der Waals surface area contributed by atoms with E-state index >= 15 is 0 Å². The van der Waals surface area contributed by atoms with Crippen LogP contribution in [0.5, 0.6) is 0 Å². The molecule has 3 N–H and O–H groups in total. The first-order valence-corrected chi connectivity index (χ1v) is 5.40. The van der Waals surface area contributed by atoms with E-state index in [2.05, 4.69) is 10.2 Å². The van der Waals surface area contributed by atoms with Gasteiger partial charge in [0.25, 0.3) is 5.82 Å². The largest absolute Gasteiger partial charge is 0.870 e. The fourth-order valence-electron chi connectivity index (χ4n) is 1.82. The van der Waals surface area contributed by atoms with E-state index in [0.29, 0.717) is 0 Å². The van der Waals surface area contributed by atoms with Crippen molar-refractivity contribution in [3.05, 3.63) is 53.3 Å². The number of benzene rings is 1. The smallest absolute Gasteiger partial charge is 0.308 e. The number of carboxylic acid groups (broad SMARTS) is 1. The summed E-state index contributed by atoms with van der Waals surface area (Å²) in [5.41, 5.74) is 0.862. The van der Waals surface area contributed by atoms with Gasteiger partial charge in [0.15, 0.2) is 6.20 Å². The molecule has 2 aromatic rings. The average molecular weight is 263 g/mol. The topological polar surface area (TPSA) is 116 Å². The summed E-state index contributed by atoms with van der Waals surface area (Å²) in [5, 5.41) is 11.7. The molecule has 1 heterocycles. The van der Waals surface area contributed by atoms with Crippen molar-refractivity contribution in [3.8, 4) is 0 Å². The van der Waals surface area contributed by atoms with Crippen molar-refractivity contribution >= 4 is 11.8 Å². The molecule has 0 spiro atoms. The minimum Gasteiger partial charge on any atom is -0.870 e. The molecule has 0 aliphatic heterocycles. The van der Waals surface area contributed by atoms with E-state index in [-0.39, 0.29) is 23.8 Å².